The Morgan fingerprint density at radius 3 is 1.15 bits per heavy atom. The van der Waals surface area contributed by atoms with E-state index < -0.39 is 69.1 Å². The fourth-order valence-corrected chi connectivity index (χ4v) is 9.39. The summed E-state index contributed by atoms with van der Waals surface area (Å²) in [6.07, 6.45) is 29.5. The van der Waals surface area contributed by atoms with E-state index in [-0.39, 0.29) is 6.42 Å². The predicted octanol–water partition coefficient (Wildman–Crippen LogP) is 9.88. The maximum Gasteiger partial charge on any atom is 0.472 e. The molecular weight excluding hydrogens is 797 g/mol. The second kappa shape index (κ2) is 38.6. The third kappa shape index (κ3) is 30.2. The molecule has 0 aromatic rings. The first-order chi connectivity index (χ1) is 29.4. The van der Waals surface area contributed by atoms with Gasteiger partial charge in [0.2, 0.25) is 0 Å². The Morgan fingerprint density at radius 1 is 0.508 bits per heavy atom. The molecule has 1 rings (SSSR count). The van der Waals surface area contributed by atoms with E-state index in [9.17, 15) is 45.2 Å². The third-order valence-electron chi connectivity index (χ3n) is 12.6. The van der Waals surface area contributed by atoms with Gasteiger partial charge in [0.1, 0.15) is 36.6 Å². The van der Waals surface area contributed by atoms with Crippen LogP contribution in [-0.2, 0) is 13.6 Å². The smallest absolute Gasteiger partial charge is 0.472 e. The molecule has 1 aliphatic rings. The summed E-state index contributed by atoms with van der Waals surface area (Å²) in [5, 5.41) is 74.3. The van der Waals surface area contributed by atoms with Gasteiger partial charge in [-0.3, -0.25) is 14.0 Å². The Labute approximate surface area is 372 Å². The number of aliphatic hydroxyl groups is 6. The lowest BCUT2D eigenvalue weighted by molar-refractivity contribution is -0.220. The Hall–Kier alpha value is -0.660. The topological polar surface area (TPSA) is 213 Å². The van der Waals surface area contributed by atoms with Crippen LogP contribution < -0.4 is 5.11 Å². The summed E-state index contributed by atoms with van der Waals surface area (Å²) in [6, 6.07) is -1.15. The molecule has 0 saturated heterocycles. The lowest BCUT2D eigenvalue weighted by atomic mass is 9.85. The summed E-state index contributed by atoms with van der Waals surface area (Å²) in [6.45, 7) is 3.85. The predicted molar refractivity (Wildman–Crippen MR) is 245 cm³/mol. The van der Waals surface area contributed by atoms with Crippen molar-refractivity contribution in [2.45, 2.75) is 294 Å². The highest BCUT2D eigenvalue weighted by molar-refractivity contribution is 7.47. The van der Waals surface area contributed by atoms with Crippen molar-refractivity contribution in [1.29, 1.82) is 0 Å². The van der Waals surface area contributed by atoms with Crippen molar-refractivity contribution in [1.82, 2.24) is 0 Å². The monoisotopic (exact) mass is 893 g/mol. The molecule has 0 bridgehead atoms. The lowest BCUT2D eigenvalue weighted by Crippen LogP contribution is -2.64. The zero-order valence-electron chi connectivity index (χ0n) is 38.9. The zero-order valence-corrected chi connectivity index (χ0v) is 39.8. The first-order valence-corrected chi connectivity index (χ1v) is 26.9. The van der Waals surface area contributed by atoms with Gasteiger partial charge in [0.05, 0.1) is 18.8 Å². The molecule has 0 amide bonds. The number of rotatable bonds is 43. The van der Waals surface area contributed by atoms with Gasteiger partial charge in [0.15, 0.2) is 0 Å². The molecule has 61 heavy (non-hydrogen) atoms. The van der Waals surface area contributed by atoms with E-state index in [2.05, 4.69) is 18.8 Å². The van der Waals surface area contributed by atoms with Crippen molar-refractivity contribution in [3.8, 4) is 0 Å². The van der Waals surface area contributed by atoms with Gasteiger partial charge in [0.25, 0.3) is 0 Å². The summed E-state index contributed by atoms with van der Waals surface area (Å²) in [4.78, 5) is 14.6. The van der Waals surface area contributed by atoms with Crippen molar-refractivity contribution >= 4 is 13.7 Å². The quantitative estimate of drug-likeness (QED) is 0.0132. The van der Waals surface area contributed by atoms with Crippen LogP contribution in [0.1, 0.15) is 245 Å². The highest BCUT2D eigenvalue weighted by atomic mass is 31.2. The van der Waals surface area contributed by atoms with Crippen LogP contribution in [0, 0.1) is 0 Å². The molecule has 7 N–H and O–H groups in total. The van der Waals surface area contributed by atoms with E-state index in [1.807, 2.05) is 0 Å². The zero-order chi connectivity index (χ0) is 45.0. The molecule has 364 valence electrons. The Morgan fingerprint density at radius 2 is 0.803 bits per heavy atom. The third-order valence-corrected chi connectivity index (χ3v) is 13.6. The average Bonchev–Trinajstić information content (AvgIpc) is 3.24. The van der Waals surface area contributed by atoms with Gasteiger partial charge in [-0.15, -0.1) is 0 Å². The van der Waals surface area contributed by atoms with Crippen molar-refractivity contribution in [2.24, 2.45) is 4.99 Å². The van der Waals surface area contributed by atoms with Gasteiger partial charge in [-0.2, -0.15) is 0 Å². The van der Waals surface area contributed by atoms with E-state index >= 15 is 0 Å². The SMILES string of the molecule is CCCCCCCCCCCCCCCCCCCCCCCC([O-])=N[C@@H](COP(=O)(O)OC1[C@H](O)[C@H](O)C(O)[C@H](O)[C@H]1O)[C@H](O)CCCCCCCCCCCCCCC. The summed E-state index contributed by atoms with van der Waals surface area (Å²) in [5.41, 5.74) is 0. The maximum absolute atomic E-state index is 12.9. The van der Waals surface area contributed by atoms with E-state index in [4.69, 9.17) is 9.05 Å². The molecule has 1 fully saturated rings. The minimum Gasteiger partial charge on any atom is -0.862 e. The maximum atomic E-state index is 12.9. The highest BCUT2D eigenvalue weighted by Gasteiger charge is 2.51. The summed E-state index contributed by atoms with van der Waals surface area (Å²) in [5.74, 6) is -0.428. The van der Waals surface area contributed by atoms with Crippen molar-refractivity contribution in [2.75, 3.05) is 6.61 Å². The second-order valence-electron chi connectivity index (χ2n) is 18.3. The number of nitrogens with zero attached hydrogens (tertiary/aromatic N) is 1. The Kier molecular flexibility index (Phi) is 36.9. The molecule has 9 atom stereocenters. The van der Waals surface area contributed by atoms with Gasteiger partial charge in [-0.25, -0.2) is 4.57 Å². The highest BCUT2D eigenvalue weighted by Crippen LogP contribution is 2.47. The molecule has 0 aromatic heterocycles. The normalized spacial score (nSPS) is 23.0. The van der Waals surface area contributed by atoms with Crippen LogP contribution >= 0.6 is 7.82 Å². The summed E-state index contributed by atoms with van der Waals surface area (Å²) >= 11 is 0. The lowest BCUT2D eigenvalue weighted by Gasteiger charge is -2.41. The van der Waals surface area contributed by atoms with Gasteiger partial charge in [-0.05, 0) is 25.2 Å². The fraction of sp³-hybridized carbons (Fsp3) is 0.979. The van der Waals surface area contributed by atoms with Gasteiger partial charge >= 0.3 is 7.82 Å². The number of aliphatic hydroxyl groups excluding tert-OH is 6. The molecular formula is C48H95NO11P-. The standard InChI is InChI=1S/C48H96NO11P/c1-3-5-7-9-11-13-15-17-18-19-20-21-22-23-24-26-28-30-32-34-36-38-42(51)49-40(41(50)37-35-33-31-29-27-25-16-14-12-10-8-6-4-2)39-59-61(57,58)60-48-46(55)44(53)43(52)45(54)47(48)56/h40-41,43-48,50,52-56H,3-39H2,1-2H3,(H,49,51)(H,57,58)/p-1/t40-,41+,43?,44-,45+,46+,47+,48?/m0/s1. The number of phosphoric acid groups is 1. The molecule has 0 radical (unpaired) electrons. The number of hydrogen-bond acceptors (Lipinski definition) is 11. The summed E-state index contributed by atoms with van der Waals surface area (Å²) < 4.78 is 22.9. The number of unbranched alkanes of at least 4 members (excludes halogenated alkanes) is 32. The molecule has 3 unspecified atom stereocenters. The fourth-order valence-electron chi connectivity index (χ4n) is 8.43. The van der Waals surface area contributed by atoms with Gasteiger partial charge in [-0.1, -0.05) is 226 Å². The summed E-state index contributed by atoms with van der Waals surface area (Å²) in [7, 11) is -5.07. The average molecular weight is 893 g/mol. The molecule has 0 aromatic carbocycles. The van der Waals surface area contributed by atoms with E-state index in [1.54, 1.807) is 0 Å². The number of phosphoric ester groups is 1. The van der Waals surface area contributed by atoms with Crippen molar-refractivity contribution in [3.63, 3.8) is 0 Å². The molecule has 12 nitrogen and oxygen atoms in total. The first-order valence-electron chi connectivity index (χ1n) is 25.4. The van der Waals surface area contributed by atoms with Crippen LogP contribution in [0.15, 0.2) is 4.99 Å². The molecule has 13 heteroatoms. The van der Waals surface area contributed by atoms with Crippen LogP contribution in [0.4, 0.5) is 0 Å². The minimum atomic E-state index is -5.07. The van der Waals surface area contributed by atoms with Crippen LogP contribution in [-0.4, -0.2) is 96.8 Å². The number of aliphatic imine (C=N–C) groups is 1. The minimum absolute atomic E-state index is 0.187. The Balaban J connectivity index is 2.41. The van der Waals surface area contributed by atoms with E-state index in [0.29, 0.717) is 19.3 Å². The molecule has 1 saturated carbocycles. The van der Waals surface area contributed by atoms with Crippen LogP contribution in [0.3, 0.4) is 0 Å². The first kappa shape index (κ1) is 58.4. The Bertz CT molecular complexity index is 1050. The molecule has 0 aliphatic heterocycles. The molecule has 0 heterocycles. The van der Waals surface area contributed by atoms with Gasteiger partial charge < -0.3 is 40.6 Å². The van der Waals surface area contributed by atoms with Crippen LogP contribution in [0.2, 0.25) is 0 Å². The van der Waals surface area contributed by atoms with E-state index in [0.717, 1.165) is 38.5 Å². The van der Waals surface area contributed by atoms with Crippen LogP contribution in [0.5, 0.6) is 0 Å². The number of hydrogen-bond donors (Lipinski definition) is 7. The van der Waals surface area contributed by atoms with E-state index in [1.165, 1.54) is 167 Å². The van der Waals surface area contributed by atoms with Gasteiger partial charge in [0, 0.05) is 0 Å². The largest absolute Gasteiger partial charge is 0.862 e. The molecule has 1 aliphatic carbocycles. The van der Waals surface area contributed by atoms with Crippen molar-refractivity contribution < 1.29 is 54.3 Å². The molecule has 0 spiro atoms. The van der Waals surface area contributed by atoms with Crippen LogP contribution in [0.25, 0.3) is 0 Å². The second-order valence-corrected chi connectivity index (χ2v) is 19.7. The van der Waals surface area contributed by atoms with Crippen molar-refractivity contribution in [3.05, 3.63) is 0 Å².